The monoisotopic (exact) mass is 413 g/mol. The highest BCUT2D eigenvalue weighted by Gasteiger charge is 2.35. The zero-order valence-electron chi connectivity index (χ0n) is 20.5. The molecule has 0 aromatic rings. The minimum Gasteiger partial charge on any atom is -0.198 e. The van der Waals surface area contributed by atoms with Crippen LogP contribution in [0.4, 0.5) is 0 Å². The van der Waals surface area contributed by atoms with Crippen molar-refractivity contribution in [3.63, 3.8) is 0 Å². The van der Waals surface area contributed by atoms with Crippen LogP contribution in [0.2, 0.25) is 0 Å². The van der Waals surface area contributed by atoms with Crippen LogP contribution in [0.1, 0.15) is 142 Å². The molecule has 3 aliphatic carbocycles. The summed E-state index contributed by atoms with van der Waals surface area (Å²) in [5, 5.41) is 9.78. The van der Waals surface area contributed by atoms with Crippen LogP contribution in [0.25, 0.3) is 0 Å². The molecule has 3 rings (SSSR count). The highest BCUT2D eigenvalue weighted by Crippen LogP contribution is 2.46. The van der Waals surface area contributed by atoms with E-state index in [-0.39, 0.29) is 5.41 Å². The van der Waals surface area contributed by atoms with Gasteiger partial charge in [0.05, 0.1) is 11.5 Å². The largest absolute Gasteiger partial charge is 0.198 e. The lowest BCUT2D eigenvalue weighted by Crippen LogP contribution is -2.27. The third-order valence-electron chi connectivity index (χ3n) is 9.69. The van der Waals surface area contributed by atoms with Crippen LogP contribution in [0.15, 0.2) is 0 Å². The fraction of sp³-hybridized carbons (Fsp3) is 0.966. The summed E-state index contributed by atoms with van der Waals surface area (Å²) in [5.41, 5.74) is 0.0415. The minimum absolute atomic E-state index is 0.0415. The second-order valence-corrected chi connectivity index (χ2v) is 11.7. The molecule has 0 bridgehead atoms. The molecular formula is C29H51N. The van der Waals surface area contributed by atoms with Crippen LogP contribution >= 0.6 is 0 Å². The van der Waals surface area contributed by atoms with Crippen molar-refractivity contribution in [1.29, 1.82) is 5.26 Å². The Balaban J connectivity index is 1.30. The van der Waals surface area contributed by atoms with Gasteiger partial charge in [0.15, 0.2) is 0 Å². The Morgan fingerprint density at radius 1 is 0.633 bits per heavy atom. The summed E-state index contributed by atoms with van der Waals surface area (Å²) in [6, 6.07) is 2.75. The van der Waals surface area contributed by atoms with Gasteiger partial charge in [0.25, 0.3) is 0 Å². The molecule has 0 N–H and O–H groups in total. The van der Waals surface area contributed by atoms with Gasteiger partial charge in [-0.05, 0) is 87.4 Å². The molecule has 172 valence electrons. The van der Waals surface area contributed by atoms with Gasteiger partial charge in [0.1, 0.15) is 0 Å². The van der Waals surface area contributed by atoms with Crippen molar-refractivity contribution in [3.8, 4) is 6.07 Å². The molecule has 0 spiro atoms. The molecule has 0 atom stereocenters. The Hall–Kier alpha value is -0.510. The number of hydrogen-bond donors (Lipinski definition) is 0. The smallest absolute Gasteiger partial charge is 0.0689 e. The summed E-state index contributed by atoms with van der Waals surface area (Å²) in [7, 11) is 0. The SMILES string of the molecule is CCCCCC1(C#N)CCC(CCC2CCC(C3CCC(CCC)CC3)CC2)CC1. The lowest BCUT2D eigenvalue weighted by molar-refractivity contribution is 0.133. The van der Waals surface area contributed by atoms with Gasteiger partial charge < -0.3 is 0 Å². The summed E-state index contributed by atoms with van der Waals surface area (Å²) in [5.74, 6) is 5.14. The zero-order chi connectivity index (χ0) is 21.2. The Bertz CT molecular complexity index is 493. The average Bonchev–Trinajstić information content (AvgIpc) is 2.80. The second kappa shape index (κ2) is 12.5. The number of nitriles is 1. The maximum atomic E-state index is 9.78. The van der Waals surface area contributed by atoms with Crippen molar-refractivity contribution >= 4 is 0 Å². The molecule has 0 saturated heterocycles. The van der Waals surface area contributed by atoms with Crippen LogP contribution in [0.5, 0.6) is 0 Å². The highest BCUT2D eigenvalue weighted by molar-refractivity contribution is 5.01. The number of rotatable bonds is 10. The first-order valence-electron chi connectivity index (χ1n) is 14.1. The number of hydrogen-bond acceptors (Lipinski definition) is 1. The van der Waals surface area contributed by atoms with Gasteiger partial charge in [-0.3, -0.25) is 0 Å². The molecule has 0 unspecified atom stereocenters. The first-order chi connectivity index (χ1) is 14.7. The molecule has 1 nitrogen and oxygen atoms in total. The molecule has 0 heterocycles. The lowest BCUT2D eigenvalue weighted by Gasteiger charge is -2.39. The molecule has 3 fully saturated rings. The molecule has 3 saturated carbocycles. The Kier molecular flexibility index (Phi) is 10.1. The van der Waals surface area contributed by atoms with Crippen molar-refractivity contribution < 1.29 is 0 Å². The summed E-state index contributed by atoms with van der Waals surface area (Å²) < 4.78 is 0. The molecule has 0 aromatic heterocycles. The van der Waals surface area contributed by atoms with Crippen molar-refractivity contribution in [1.82, 2.24) is 0 Å². The Morgan fingerprint density at radius 3 is 1.60 bits per heavy atom. The predicted molar refractivity (Wildman–Crippen MR) is 129 cm³/mol. The predicted octanol–water partition coefficient (Wildman–Crippen LogP) is 9.46. The molecule has 0 aromatic carbocycles. The third kappa shape index (κ3) is 7.00. The Labute approximate surface area is 188 Å². The van der Waals surface area contributed by atoms with Crippen LogP contribution in [0.3, 0.4) is 0 Å². The molecule has 0 radical (unpaired) electrons. The van der Waals surface area contributed by atoms with Gasteiger partial charge in [-0.1, -0.05) is 84.5 Å². The number of nitrogens with zero attached hydrogens (tertiary/aromatic N) is 1. The topological polar surface area (TPSA) is 23.8 Å². The van der Waals surface area contributed by atoms with E-state index in [1.54, 1.807) is 12.8 Å². The summed E-state index contributed by atoms with van der Waals surface area (Å²) in [6.07, 6.45) is 28.1. The van der Waals surface area contributed by atoms with E-state index in [2.05, 4.69) is 19.9 Å². The molecule has 3 aliphatic rings. The van der Waals surface area contributed by atoms with Crippen molar-refractivity contribution in [2.24, 2.45) is 35.0 Å². The van der Waals surface area contributed by atoms with E-state index in [0.29, 0.717) is 0 Å². The first kappa shape index (κ1) is 24.1. The Morgan fingerprint density at radius 2 is 1.13 bits per heavy atom. The summed E-state index contributed by atoms with van der Waals surface area (Å²) in [6.45, 7) is 4.62. The van der Waals surface area contributed by atoms with Gasteiger partial charge in [0, 0.05) is 0 Å². The van der Waals surface area contributed by atoms with Crippen molar-refractivity contribution in [3.05, 3.63) is 0 Å². The maximum absolute atomic E-state index is 9.78. The van der Waals surface area contributed by atoms with Crippen molar-refractivity contribution in [2.75, 3.05) is 0 Å². The standard InChI is InChI=1S/C29H51N/c1-3-5-6-20-29(23-30)21-18-26(19-22-29)9-8-25-12-16-28(17-13-25)27-14-10-24(7-4-2)11-15-27/h24-28H,3-22H2,1-2H3. The molecule has 0 aliphatic heterocycles. The van der Waals surface area contributed by atoms with Crippen molar-refractivity contribution in [2.45, 2.75) is 142 Å². The van der Waals surface area contributed by atoms with E-state index >= 15 is 0 Å². The molecule has 1 heteroatoms. The maximum Gasteiger partial charge on any atom is 0.0689 e. The van der Waals surface area contributed by atoms with E-state index < -0.39 is 0 Å². The summed E-state index contributed by atoms with van der Waals surface area (Å²) in [4.78, 5) is 0. The fourth-order valence-electron chi connectivity index (χ4n) is 7.43. The zero-order valence-corrected chi connectivity index (χ0v) is 20.5. The van der Waals surface area contributed by atoms with Gasteiger partial charge in [-0.25, -0.2) is 0 Å². The van der Waals surface area contributed by atoms with E-state index in [4.69, 9.17) is 0 Å². The van der Waals surface area contributed by atoms with Gasteiger partial charge in [-0.2, -0.15) is 5.26 Å². The first-order valence-corrected chi connectivity index (χ1v) is 14.1. The van der Waals surface area contributed by atoms with E-state index in [0.717, 1.165) is 36.0 Å². The van der Waals surface area contributed by atoms with E-state index in [1.807, 2.05) is 0 Å². The van der Waals surface area contributed by atoms with Gasteiger partial charge in [-0.15, -0.1) is 0 Å². The van der Waals surface area contributed by atoms with Gasteiger partial charge >= 0.3 is 0 Å². The fourth-order valence-corrected chi connectivity index (χ4v) is 7.43. The van der Waals surface area contributed by atoms with E-state index in [9.17, 15) is 5.26 Å². The molecule has 30 heavy (non-hydrogen) atoms. The lowest BCUT2D eigenvalue weighted by atomic mass is 9.66. The van der Waals surface area contributed by atoms with Crippen LogP contribution in [-0.2, 0) is 0 Å². The normalized spacial score (nSPS) is 37.6. The second-order valence-electron chi connectivity index (χ2n) is 11.7. The third-order valence-corrected chi connectivity index (χ3v) is 9.69. The van der Waals surface area contributed by atoms with Gasteiger partial charge in [0.2, 0.25) is 0 Å². The van der Waals surface area contributed by atoms with Crippen LogP contribution < -0.4 is 0 Å². The minimum atomic E-state index is 0.0415. The van der Waals surface area contributed by atoms with Crippen LogP contribution in [-0.4, -0.2) is 0 Å². The highest BCUT2D eigenvalue weighted by atomic mass is 14.4. The molecular weight excluding hydrogens is 362 g/mol. The quantitative estimate of drug-likeness (QED) is 0.327. The number of unbranched alkanes of at least 4 members (excludes halogenated alkanes) is 2. The molecule has 0 amide bonds. The average molecular weight is 414 g/mol. The van der Waals surface area contributed by atoms with Crippen LogP contribution in [0, 0.1) is 46.3 Å². The van der Waals surface area contributed by atoms with E-state index in [1.165, 1.54) is 109 Å². The summed E-state index contributed by atoms with van der Waals surface area (Å²) >= 11 is 0.